The van der Waals surface area contributed by atoms with Gasteiger partial charge in [-0.15, -0.1) is 0 Å². The second kappa shape index (κ2) is 3.55. The van der Waals surface area contributed by atoms with Crippen molar-refractivity contribution in [2.24, 2.45) is 0 Å². The van der Waals surface area contributed by atoms with Gasteiger partial charge in [0.15, 0.2) is 0 Å². The molecule has 2 unspecified atom stereocenters. The molecule has 2 N–H and O–H groups in total. The van der Waals surface area contributed by atoms with Crippen molar-refractivity contribution < 1.29 is 8.91 Å². The molecule has 1 heterocycles. The van der Waals surface area contributed by atoms with Crippen LogP contribution in [0.3, 0.4) is 0 Å². The first-order chi connectivity index (χ1) is 8.15. The maximum Gasteiger partial charge on any atom is 0.233 e. The highest BCUT2D eigenvalue weighted by Crippen LogP contribution is 2.43. The van der Waals surface area contributed by atoms with Crippen LogP contribution < -0.4 is 5.73 Å². The summed E-state index contributed by atoms with van der Waals surface area (Å²) >= 11 is 0. The molecule has 1 saturated carbocycles. The first-order valence-corrected chi connectivity index (χ1v) is 5.49. The van der Waals surface area contributed by atoms with Crippen LogP contribution in [-0.4, -0.2) is 16.3 Å². The number of halogens is 1. The van der Waals surface area contributed by atoms with Gasteiger partial charge >= 0.3 is 0 Å². The van der Waals surface area contributed by atoms with E-state index in [4.69, 9.17) is 10.3 Å². The average Bonchev–Trinajstić information content (AvgIpc) is 2.86. The highest BCUT2D eigenvalue weighted by molar-refractivity contribution is 5.63. The Morgan fingerprint density at radius 2 is 2.24 bits per heavy atom. The van der Waals surface area contributed by atoms with E-state index in [-0.39, 0.29) is 5.92 Å². The fourth-order valence-corrected chi connectivity index (χ4v) is 1.70. The van der Waals surface area contributed by atoms with E-state index in [1.165, 1.54) is 0 Å². The molecular weight excluding hydrogens is 221 g/mol. The monoisotopic (exact) mass is 233 g/mol. The van der Waals surface area contributed by atoms with Crippen LogP contribution in [0.2, 0.25) is 0 Å². The van der Waals surface area contributed by atoms with Crippen LogP contribution in [-0.2, 0) is 0 Å². The van der Waals surface area contributed by atoms with Crippen LogP contribution in [0.1, 0.15) is 23.8 Å². The van der Waals surface area contributed by atoms with Crippen molar-refractivity contribution in [2.45, 2.75) is 25.4 Å². The molecule has 1 aliphatic rings. The predicted octanol–water partition coefficient (Wildman–Crippen LogP) is 2.45. The van der Waals surface area contributed by atoms with Gasteiger partial charge in [0.25, 0.3) is 0 Å². The second-order valence-corrected chi connectivity index (χ2v) is 4.39. The summed E-state index contributed by atoms with van der Waals surface area (Å²) in [6.07, 6.45) is -0.344. The molecule has 0 aliphatic heterocycles. The first kappa shape index (κ1) is 10.3. The number of nitrogens with two attached hydrogens (primary N) is 1. The standard InChI is InChI=1S/C12H12FN3O/c1-6-2-3-7(4-10(6)14)11-15-12(17-16-11)8-5-9(8)13/h2-4,8-9H,5,14H2,1H3. The van der Waals surface area contributed by atoms with Crippen LogP contribution in [0.4, 0.5) is 10.1 Å². The minimum atomic E-state index is -0.827. The molecule has 0 bridgehead atoms. The second-order valence-electron chi connectivity index (χ2n) is 4.39. The summed E-state index contributed by atoms with van der Waals surface area (Å²) in [6, 6.07) is 5.57. The van der Waals surface area contributed by atoms with E-state index in [9.17, 15) is 4.39 Å². The summed E-state index contributed by atoms with van der Waals surface area (Å²) in [7, 11) is 0. The van der Waals surface area contributed by atoms with Crippen molar-refractivity contribution in [1.82, 2.24) is 10.1 Å². The van der Waals surface area contributed by atoms with Crippen molar-refractivity contribution in [3.05, 3.63) is 29.7 Å². The van der Waals surface area contributed by atoms with Gasteiger partial charge in [-0.05, 0) is 25.0 Å². The Hall–Kier alpha value is -1.91. The Morgan fingerprint density at radius 1 is 1.47 bits per heavy atom. The first-order valence-electron chi connectivity index (χ1n) is 5.49. The molecule has 0 saturated heterocycles. The van der Waals surface area contributed by atoms with Crippen LogP contribution in [0.15, 0.2) is 22.7 Å². The van der Waals surface area contributed by atoms with Gasteiger partial charge in [0.05, 0.1) is 5.92 Å². The fourth-order valence-electron chi connectivity index (χ4n) is 1.70. The van der Waals surface area contributed by atoms with E-state index in [1.54, 1.807) is 6.07 Å². The predicted molar refractivity (Wildman–Crippen MR) is 61.1 cm³/mol. The number of benzene rings is 1. The van der Waals surface area contributed by atoms with E-state index in [0.717, 1.165) is 11.1 Å². The molecule has 2 atom stereocenters. The van der Waals surface area contributed by atoms with Gasteiger partial charge in [-0.1, -0.05) is 17.3 Å². The molecular formula is C12H12FN3O. The van der Waals surface area contributed by atoms with Gasteiger partial charge in [0.2, 0.25) is 11.7 Å². The van der Waals surface area contributed by atoms with E-state index in [1.807, 2.05) is 19.1 Å². The number of aryl methyl sites for hydroxylation is 1. The maximum absolute atomic E-state index is 12.8. The molecule has 1 aromatic heterocycles. The zero-order chi connectivity index (χ0) is 12.0. The largest absolute Gasteiger partial charge is 0.398 e. The summed E-state index contributed by atoms with van der Waals surface area (Å²) in [6.45, 7) is 1.93. The Bertz CT molecular complexity index is 567. The maximum atomic E-state index is 12.8. The third-order valence-corrected chi connectivity index (χ3v) is 3.01. The third-order valence-electron chi connectivity index (χ3n) is 3.01. The summed E-state index contributed by atoms with van der Waals surface area (Å²) in [5.74, 6) is 0.636. The Balaban J connectivity index is 1.92. The zero-order valence-electron chi connectivity index (χ0n) is 9.35. The van der Waals surface area contributed by atoms with E-state index in [0.29, 0.717) is 23.8 Å². The summed E-state index contributed by atoms with van der Waals surface area (Å²) in [5, 5.41) is 3.84. The molecule has 1 aliphatic carbocycles. The highest BCUT2D eigenvalue weighted by atomic mass is 19.1. The fraction of sp³-hybridized carbons (Fsp3) is 0.333. The lowest BCUT2D eigenvalue weighted by molar-refractivity contribution is 0.363. The molecule has 0 amide bonds. The lowest BCUT2D eigenvalue weighted by Crippen LogP contribution is -1.91. The van der Waals surface area contributed by atoms with E-state index < -0.39 is 6.17 Å². The van der Waals surface area contributed by atoms with Crippen LogP contribution in [0.25, 0.3) is 11.4 Å². The quantitative estimate of drug-likeness (QED) is 0.809. The van der Waals surface area contributed by atoms with E-state index in [2.05, 4.69) is 10.1 Å². The summed E-state index contributed by atoms with van der Waals surface area (Å²) < 4.78 is 17.9. The van der Waals surface area contributed by atoms with Crippen molar-refractivity contribution in [1.29, 1.82) is 0 Å². The van der Waals surface area contributed by atoms with Gasteiger partial charge in [-0.25, -0.2) is 4.39 Å². The number of nitrogen functional groups attached to an aromatic ring is 1. The highest BCUT2D eigenvalue weighted by Gasteiger charge is 2.43. The molecule has 1 fully saturated rings. The Kier molecular flexibility index (Phi) is 2.14. The minimum absolute atomic E-state index is 0.209. The molecule has 1 aromatic carbocycles. The zero-order valence-corrected chi connectivity index (χ0v) is 9.35. The number of hydrogen-bond acceptors (Lipinski definition) is 4. The third kappa shape index (κ3) is 1.77. The SMILES string of the molecule is Cc1ccc(-c2noc(C3CC3F)n2)cc1N. The Morgan fingerprint density at radius 3 is 2.88 bits per heavy atom. The van der Waals surface area contributed by atoms with Crippen LogP contribution >= 0.6 is 0 Å². The van der Waals surface area contributed by atoms with Gasteiger partial charge in [-0.2, -0.15) is 4.98 Å². The van der Waals surface area contributed by atoms with Crippen molar-refractivity contribution in [3.8, 4) is 11.4 Å². The number of alkyl halides is 1. The Labute approximate surface area is 97.6 Å². The van der Waals surface area contributed by atoms with Gasteiger partial charge in [0, 0.05) is 11.3 Å². The number of nitrogens with zero attached hydrogens (tertiary/aromatic N) is 2. The van der Waals surface area contributed by atoms with Crippen molar-refractivity contribution in [3.63, 3.8) is 0 Å². The normalized spacial score (nSPS) is 22.7. The minimum Gasteiger partial charge on any atom is -0.398 e. The smallest absolute Gasteiger partial charge is 0.233 e. The van der Waals surface area contributed by atoms with Crippen molar-refractivity contribution in [2.75, 3.05) is 5.73 Å². The summed E-state index contributed by atoms with van der Waals surface area (Å²) in [5.41, 5.74) is 8.29. The molecule has 88 valence electrons. The van der Waals surface area contributed by atoms with Gasteiger partial charge in [0.1, 0.15) is 6.17 Å². The lowest BCUT2D eigenvalue weighted by Gasteiger charge is -2.00. The van der Waals surface area contributed by atoms with Crippen LogP contribution in [0, 0.1) is 6.92 Å². The van der Waals surface area contributed by atoms with E-state index >= 15 is 0 Å². The number of rotatable bonds is 2. The molecule has 3 rings (SSSR count). The summed E-state index contributed by atoms with van der Waals surface area (Å²) in [4.78, 5) is 4.19. The van der Waals surface area contributed by atoms with Crippen molar-refractivity contribution >= 4 is 5.69 Å². The van der Waals surface area contributed by atoms with Gasteiger partial charge in [-0.3, -0.25) is 0 Å². The molecule has 17 heavy (non-hydrogen) atoms. The lowest BCUT2D eigenvalue weighted by atomic mass is 10.1. The average molecular weight is 233 g/mol. The van der Waals surface area contributed by atoms with Crippen LogP contribution in [0.5, 0.6) is 0 Å². The molecule has 5 heteroatoms. The van der Waals surface area contributed by atoms with Gasteiger partial charge < -0.3 is 10.3 Å². The number of aromatic nitrogens is 2. The number of hydrogen-bond donors (Lipinski definition) is 1. The molecule has 0 radical (unpaired) electrons. The number of anilines is 1. The molecule has 2 aromatic rings. The molecule has 0 spiro atoms. The topological polar surface area (TPSA) is 64.9 Å². The molecule has 4 nitrogen and oxygen atoms in total.